The van der Waals surface area contributed by atoms with Crippen LogP contribution in [0.3, 0.4) is 0 Å². The zero-order chi connectivity index (χ0) is 33.0. The van der Waals surface area contributed by atoms with Crippen LogP contribution in [-0.2, 0) is 0 Å². The highest BCUT2D eigenvalue weighted by molar-refractivity contribution is 6.12. The molecular weight excluding hydrogens is 609 g/mol. The summed E-state index contributed by atoms with van der Waals surface area (Å²) in [7, 11) is 0. The summed E-state index contributed by atoms with van der Waals surface area (Å²) in [6, 6.07) is 56.6. The van der Waals surface area contributed by atoms with Crippen LogP contribution in [0.25, 0.3) is 56.2 Å². The third-order valence-electron chi connectivity index (χ3n) is 10.4. The van der Waals surface area contributed by atoms with Crippen LogP contribution in [0.1, 0.15) is 35.3 Å². The Morgan fingerprint density at radius 3 is 2.00 bits per heavy atom. The largest absolute Gasteiger partial charge is 0.310 e. The van der Waals surface area contributed by atoms with Gasteiger partial charge in [-0.1, -0.05) is 121 Å². The summed E-state index contributed by atoms with van der Waals surface area (Å²) >= 11 is 0. The Kier molecular flexibility index (Phi) is 6.74. The molecule has 4 nitrogen and oxygen atoms in total. The fourth-order valence-electron chi connectivity index (χ4n) is 8.07. The molecule has 0 fully saturated rings. The summed E-state index contributed by atoms with van der Waals surface area (Å²) in [6.45, 7) is 0. The molecule has 0 saturated heterocycles. The van der Waals surface area contributed by atoms with Crippen molar-refractivity contribution in [3.63, 3.8) is 0 Å². The number of rotatable bonds is 5. The molecule has 2 aromatic heterocycles. The second kappa shape index (κ2) is 11.7. The number of nitrogens with zero attached hydrogens (tertiary/aromatic N) is 3. The maximum Gasteiger partial charge on any atom is 0.269 e. The number of allylic oxidation sites excluding steroid dienone is 1. The Hall–Kier alpha value is -6.23. The fraction of sp³-hybridized carbons (Fsp3) is 0.0652. The van der Waals surface area contributed by atoms with Gasteiger partial charge in [-0.15, -0.1) is 0 Å². The van der Waals surface area contributed by atoms with E-state index in [0.717, 1.165) is 17.7 Å². The highest BCUT2D eigenvalue weighted by Gasteiger charge is 2.27. The molecule has 2 unspecified atom stereocenters. The van der Waals surface area contributed by atoms with Crippen LogP contribution in [0, 0.1) is 0 Å². The molecule has 3 heterocycles. The highest BCUT2D eigenvalue weighted by Crippen LogP contribution is 2.35. The Morgan fingerprint density at radius 2 is 1.22 bits per heavy atom. The van der Waals surface area contributed by atoms with E-state index in [9.17, 15) is 0 Å². The first-order chi connectivity index (χ1) is 24.8. The molecule has 2 N–H and O–H groups in total. The van der Waals surface area contributed by atoms with E-state index >= 15 is 0 Å². The predicted molar refractivity (Wildman–Crippen MR) is 207 cm³/mol. The van der Waals surface area contributed by atoms with Gasteiger partial charge < -0.3 is 4.57 Å². The van der Waals surface area contributed by atoms with E-state index in [4.69, 9.17) is 4.99 Å². The van der Waals surface area contributed by atoms with Crippen LogP contribution in [0.15, 0.2) is 169 Å². The van der Waals surface area contributed by atoms with E-state index < -0.39 is 0 Å². The molecular formula is C46H35N4+. The van der Waals surface area contributed by atoms with Crippen LogP contribution in [-0.4, -0.2) is 14.8 Å². The lowest BCUT2D eigenvalue weighted by Gasteiger charge is -2.22. The fourth-order valence-corrected chi connectivity index (χ4v) is 8.07. The summed E-state index contributed by atoms with van der Waals surface area (Å²) in [6.07, 6.45) is 7.92. The second-order valence-electron chi connectivity index (χ2n) is 13.3. The Balaban J connectivity index is 1.11. The van der Waals surface area contributed by atoms with Gasteiger partial charge in [0, 0.05) is 55.5 Å². The summed E-state index contributed by atoms with van der Waals surface area (Å²) in [5.41, 5.74) is 10.7. The third-order valence-corrected chi connectivity index (χ3v) is 10.4. The molecule has 0 bridgehead atoms. The van der Waals surface area contributed by atoms with Crippen molar-refractivity contribution < 1.29 is 5.32 Å². The van der Waals surface area contributed by atoms with Gasteiger partial charge in [0.25, 0.3) is 6.29 Å². The van der Waals surface area contributed by atoms with Gasteiger partial charge in [-0.3, -0.25) is 9.88 Å². The zero-order valence-corrected chi connectivity index (χ0v) is 27.5. The van der Waals surface area contributed by atoms with E-state index in [1.807, 2.05) is 0 Å². The number of aliphatic imine (C=N–C) groups is 1. The Labute approximate surface area is 290 Å². The molecule has 8 aromatic rings. The average molecular weight is 644 g/mol. The number of para-hydroxylation sites is 3. The summed E-state index contributed by atoms with van der Waals surface area (Å²) in [4.78, 5) is 5.40. The number of fused-ring (bicyclic) bond motifs is 6. The van der Waals surface area contributed by atoms with Gasteiger partial charge in [0.15, 0.2) is 0 Å². The minimum absolute atomic E-state index is 0.195. The first-order valence-electron chi connectivity index (χ1n) is 17.4. The Morgan fingerprint density at radius 1 is 0.580 bits per heavy atom. The summed E-state index contributed by atoms with van der Waals surface area (Å²) in [5.74, 6) is 0.278. The lowest BCUT2D eigenvalue weighted by molar-refractivity contribution is -0.625. The van der Waals surface area contributed by atoms with Crippen LogP contribution in [0.4, 0.5) is 0 Å². The number of hydrogen-bond acceptors (Lipinski definition) is 1. The summed E-state index contributed by atoms with van der Waals surface area (Å²) in [5, 5.41) is 8.75. The molecule has 0 radical (unpaired) electrons. The van der Waals surface area contributed by atoms with Crippen LogP contribution >= 0.6 is 0 Å². The standard InChI is InChI=1S/C46H34N4/c1-4-14-31(15-5-1)40-30-41(32-16-6-2-7-17-32)48-46(47-40)50-43-23-13-11-21-37(43)39-29-34(25-27-45(39)50)33-24-26-44-38(28-33)36-20-10-12-22-42(36)49(44)35-18-8-3-9-19-35/h1-23,25-30,33,46-47H,24H2/p+1. The van der Waals surface area contributed by atoms with Crippen molar-refractivity contribution in [2.75, 3.05) is 0 Å². The maximum absolute atomic E-state index is 5.40. The average Bonchev–Trinajstić information content (AvgIpc) is 3.71. The van der Waals surface area contributed by atoms with E-state index in [1.165, 1.54) is 65.8 Å². The number of benzene rings is 6. The van der Waals surface area contributed by atoms with Crippen LogP contribution in [0.2, 0.25) is 0 Å². The summed E-state index contributed by atoms with van der Waals surface area (Å²) < 4.78 is 4.84. The normalized spacial score (nSPS) is 17.2. The lowest BCUT2D eigenvalue weighted by atomic mass is 9.90. The van der Waals surface area contributed by atoms with E-state index in [-0.39, 0.29) is 12.2 Å². The third kappa shape index (κ3) is 4.68. The van der Waals surface area contributed by atoms with Gasteiger partial charge in [-0.2, -0.15) is 0 Å². The molecule has 1 aliphatic carbocycles. The Bertz CT molecular complexity index is 2750. The first kappa shape index (κ1) is 28.8. The monoisotopic (exact) mass is 643 g/mol. The van der Waals surface area contributed by atoms with Crippen molar-refractivity contribution >= 4 is 56.3 Å². The van der Waals surface area contributed by atoms with Crippen LogP contribution in [0.5, 0.6) is 0 Å². The maximum atomic E-state index is 5.40. The van der Waals surface area contributed by atoms with Crippen molar-refractivity contribution in [2.45, 2.75) is 18.6 Å². The number of aromatic nitrogens is 2. The lowest BCUT2D eigenvalue weighted by Crippen LogP contribution is -2.84. The number of quaternary nitrogens is 1. The van der Waals surface area contributed by atoms with Gasteiger partial charge in [0.05, 0.1) is 22.3 Å². The molecule has 4 heteroatoms. The van der Waals surface area contributed by atoms with Crippen molar-refractivity contribution in [3.05, 3.63) is 191 Å². The second-order valence-corrected chi connectivity index (χ2v) is 13.3. The molecule has 10 rings (SSSR count). The van der Waals surface area contributed by atoms with Crippen LogP contribution < -0.4 is 15.9 Å². The van der Waals surface area contributed by atoms with E-state index in [1.54, 1.807) is 0 Å². The topological polar surface area (TPSA) is 38.8 Å². The van der Waals surface area contributed by atoms with Gasteiger partial charge in [-0.25, -0.2) is 4.99 Å². The highest BCUT2D eigenvalue weighted by atomic mass is 15.3. The molecule has 6 aromatic carbocycles. The molecule has 2 aliphatic rings. The molecule has 238 valence electrons. The van der Waals surface area contributed by atoms with Gasteiger partial charge in [-0.05, 0) is 60.5 Å². The smallest absolute Gasteiger partial charge is 0.269 e. The number of hydrogen-bond donors (Lipinski definition) is 1. The van der Waals surface area contributed by atoms with Gasteiger partial charge in [0.2, 0.25) is 0 Å². The molecule has 0 saturated carbocycles. The van der Waals surface area contributed by atoms with E-state index in [2.05, 4.69) is 190 Å². The SMILES string of the molecule is C1=C(c2ccccc2)[NH2+]C(n2c3ccccc3c3cc(C4C=c5c(n(-c6ccccc6)c6ccccc56)=CC4)ccc32)N=C1c1ccccc1. The zero-order valence-electron chi connectivity index (χ0n) is 27.5. The predicted octanol–water partition coefficient (Wildman–Crippen LogP) is 8.05. The van der Waals surface area contributed by atoms with Crippen molar-refractivity contribution in [2.24, 2.45) is 4.99 Å². The van der Waals surface area contributed by atoms with Crippen molar-refractivity contribution in [1.29, 1.82) is 0 Å². The molecule has 0 amide bonds. The number of nitrogens with two attached hydrogens (primary N) is 1. The van der Waals surface area contributed by atoms with Crippen molar-refractivity contribution in [1.82, 2.24) is 9.13 Å². The van der Waals surface area contributed by atoms with E-state index in [0.29, 0.717) is 0 Å². The quantitative estimate of drug-likeness (QED) is 0.197. The van der Waals surface area contributed by atoms with Gasteiger partial charge >= 0.3 is 0 Å². The minimum atomic E-state index is -0.195. The molecule has 1 aliphatic heterocycles. The molecule has 0 spiro atoms. The van der Waals surface area contributed by atoms with Crippen molar-refractivity contribution in [3.8, 4) is 5.69 Å². The molecule has 2 atom stereocenters. The molecule has 50 heavy (non-hydrogen) atoms. The van der Waals surface area contributed by atoms with Gasteiger partial charge in [0.1, 0.15) is 5.70 Å². The first-order valence-corrected chi connectivity index (χ1v) is 17.4. The minimum Gasteiger partial charge on any atom is -0.310 e.